The summed E-state index contributed by atoms with van der Waals surface area (Å²) in [5.74, 6) is 0. The van der Waals surface area contributed by atoms with Gasteiger partial charge in [-0.25, -0.2) is 0 Å². The molecular formula is C10H22NO3+. The van der Waals surface area contributed by atoms with Gasteiger partial charge in [-0.05, 0) is 12.8 Å². The molecule has 0 aliphatic heterocycles. The summed E-state index contributed by atoms with van der Waals surface area (Å²) in [4.78, 5) is 20.4. The van der Waals surface area contributed by atoms with E-state index in [0.29, 0.717) is 13.2 Å². The maximum atomic E-state index is 10.8. The van der Waals surface area contributed by atoms with Gasteiger partial charge in [0, 0.05) is 0 Å². The van der Waals surface area contributed by atoms with Crippen molar-refractivity contribution < 1.29 is 14.8 Å². The lowest BCUT2D eigenvalue weighted by atomic mass is 10.3. The summed E-state index contributed by atoms with van der Waals surface area (Å²) in [5, 5.41) is 0.241. The van der Waals surface area contributed by atoms with E-state index < -0.39 is 0 Å². The molecule has 14 heavy (non-hydrogen) atoms. The van der Waals surface area contributed by atoms with E-state index in [1.54, 1.807) is 0 Å². The molecule has 0 heterocycles. The van der Waals surface area contributed by atoms with E-state index in [4.69, 9.17) is 9.68 Å². The molecule has 0 spiro atoms. The highest BCUT2D eigenvalue weighted by atomic mass is 17.0. The first kappa shape index (κ1) is 13.2. The van der Waals surface area contributed by atoms with Crippen LogP contribution < -0.4 is 0 Å². The van der Waals surface area contributed by atoms with Crippen LogP contribution in [0.25, 0.3) is 0 Å². The van der Waals surface area contributed by atoms with Gasteiger partial charge in [-0.2, -0.15) is 9.68 Å². The Bertz CT molecular complexity index is 125. The number of rotatable bonds is 10. The fourth-order valence-electron chi connectivity index (χ4n) is 1.02. The predicted octanol–water partition coefficient (Wildman–Crippen LogP) is 3.01. The van der Waals surface area contributed by atoms with Crippen LogP contribution in [-0.2, 0) is 9.68 Å². The lowest BCUT2D eigenvalue weighted by Gasteiger charge is -1.95. The predicted molar refractivity (Wildman–Crippen MR) is 54.6 cm³/mol. The Labute approximate surface area is 86.1 Å². The molecule has 0 bridgehead atoms. The number of hydrogen-bond donors (Lipinski definition) is 0. The lowest BCUT2D eigenvalue weighted by Crippen LogP contribution is -2.12. The van der Waals surface area contributed by atoms with Crippen LogP contribution >= 0.6 is 0 Å². The average molecular weight is 204 g/mol. The molecular weight excluding hydrogens is 182 g/mol. The first-order valence-electron chi connectivity index (χ1n) is 5.54. The molecule has 0 radical (unpaired) electrons. The van der Waals surface area contributed by atoms with Gasteiger partial charge in [0.2, 0.25) is 0 Å². The minimum Gasteiger partial charge on any atom is -0.187 e. The Kier molecular flexibility index (Phi) is 9.69. The lowest BCUT2D eigenvalue weighted by molar-refractivity contribution is -0.981. The maximum Gasteiger partial charge on any atom is 0.477 e. The molecule has 0 unspecified atom stereocenters. The highest BCUT2D eigenvalue weighted by Gasteiger charge is 2.10. The quantitative estimate of drug-likeness (QED) is 0.405. The summed E-state index contributed by atoms with van der Waals surface area (Å²) >= 11 is 0. The van der Waals surface area contributed by atoms with E-state index in [9.17, 15) is 4.91 Å². The minimum absolute atomic E-state index is 0.241. The third-order valence-electron chi connectivity index (χ3n) is 1.89. The Morgan fingerprint density at radius 2 is 1.29 bits per heavy atom. The fourth-order valence-corrected chi connectivity index (χ4v) is 1.02. The summed E-state index contributed by atoms with van der Waals surface area (Å²) in [7, 11) is 0. The second-order valence-electron chi connectivity index (χ2n) is 3.30. The Morgan fingerprint density at radius 3 is 1.64 bits per heavy atom. The third kappa shape index (κ3) is 9.29. The zero-order valence-corrected chi connectivity index (χ0v) is 9.33. The number of unbranched alkanes of at least 4 members (excludes halogenated alkanes) is 4. The van der Waals surface area contributed by atoms with Gasteiger partial charge in [0.15, 0.2) is 13.2 Å². The van der Waals surface area contributed by atoms with Crippen molar-refractivity contribution >= 4 is 0 Å². The van der Waals surface area contributed by atoms with Crippen LogP contribution in [0.3, 0.4) is 0 Å². The maximum absolute atomic E-state index is 10.8. The molecule has 0 aliphatic carbocycles. The Hall–Kier alpha value is -0.800. The molecule has 84 valence electrons. The van der Waals surface area contributed by atoms with Gasteiger partial charge in [0.1, 0.15) is 4.91 Å². The smallest absolute Gasteiger partial charge is 0.187 e. The summed E-state index contributed by atoms with van der Waals surface area (Å²) in [6.07, 6.45) is 6.24. The molecule has 0 atom stereocenters. The van der Waals surface area contributed by atoms with Crippen LogP contribution in [0, 0.1) is 4.91 Å². The summed E-state index contributed by atoms with van der Waals surface area (Å²) < 4.78 is 0. The SMILES string of the molecule is CCCCCO[N+](=O)OCCCCC. The van der Waals surface area contributed by atoms with Crippen molar-refractivity contribution in [2.45, 2.75) is 52.4 Å². The van der Waals surface area contributed by atoms with Crippen molar-refractivity contribution in [2.75, 3.05) is 13.2 Å². The zero-order chi connectivity index (χ0) is 10.6. The second kappa shape index (κ2) is 10.3. The van der Waals surface area contributed by atoms with Crippen molar-refractivity contribution in [1.29, 1.82) is 0 Å². The molecule has 4 nitrogen and oxygen atoms in total. The van der Waals surface area contributed by atoms with E-state index >= 15 is 0 Å². The van der Waals surface area contributed by atoms with Gasteiger partial charge in [0.05, 0.1) is 0 Å². The van der Waals surface area contributed by atoms with E-state index in [0.717, 1.165) is 38.5 Å². The van der Waals surface area contributed by atoms with Crippen molar-refractivity contribution in [3.05, 3.63) is 4.91 Å². The van der Waals surface area contributed by atoms with Crippen molar-refractivity contribution in [3.63, 3.8) is 0 Å². The van der Waals surface area contributed by atoms with E-state index in [1.165, 1.54) is 0 Å². The Balaban J connectivity index is 3.11. The van der Waals surface area contributed by atoms with Crippen LogP contribution in [0.4, 0.5) is 0 Å². The molecule has 0 amide bonds. The summed E-state index contributed by atoms with van der Waals surface area (Å²) in [5.41, 5.74) is 0. The van der Waals surface area contributed by atoms with Crippen LogP contribution in [0.1, 0.15) is 52.4 Å². The second-order valence-corrected chi connectivity index (χ2v) is 3.30. The molecule has 0 N–H and O–H groups in total. The zero-order valence-electron chi connectivity index (χ0n) is 9.33. The highest BCUT2D eigenvalue weighted by Crippen LogP contribution is 1.97. The van der Waals surface area contributed by atoms with Gasteiger partial charge in [-0.15, -0.1) is 0 Å². The first-order valence-corrected chi connectivity index (χ1v) is 5.54. The standard InChI is InChI=1S/C10H22NO3/c1-3-5-7-9-13-11(12)14-10-8-6-4-2/h3-10H2,1-2H3/q+1. The first-order chi connectivity index (χ1) is 6.81. The fraction of sp³-hybridized carbons (Fsp3) is 1.00. The van der Waals surface area contributed by atoms with Crippen molar-refractivity contribution in [2.24, 2.45) is 0 Å². The van der Waals surface area contributed by atoms with Gasteiger partial charge < -0.3 is 0 Å². The third-order valence-corrected chi connectivity index (χ3v) is 1.89. The number of nitrogens with zero attached hydrogens (tertiary/aromatic N) is 1. The van der Waals surface area contributed by atoms with Gasteiger partial charge in [0.25, 0.3) is 0 Å². The van der Waals surface area contributed by atoms with Crippen LogP contribution in [0.5, 0.6) is 0 Å². The van der Waals surface area contributed by atoms with Crippen molar-refractivity contribution in [3.8, 4) is 0 Å². The van der Waals surface area contributed by atoms with Crippen molar-refractivity contribution in [1.82, 2.24) is 0 Å². The summed E-state index contributed by atoms with van der Waals surface area (Å²) in [6, 6.07) is 0. The Morgan fingerprint density at radius 1 is 0.857 bits per heavy atom. The van der Waals surface area contributed by atoms with E-state index in [1.807, 2.05) is 0 Å². The molecule has 0 rings (SSSR count). The monoisotopic (exact) mass is 204 g/mol. The molecule has 0 aliphatic rings. The molecule has 0 aromatic heterocycles. The van der Waals surface area contributed by atoms with E-state index in [-0.39, 0.29) is 5.09 Å². The minimum atomic E-state index is 0.241. The highest BCUT2D eigenvalue weighted by molar-refractivity contribution is 4.33. The topological polar surface area (TPSA) is 38.5 Å². The van der Waals surface area contributed by atoms with Crippen LogP contribution in [0.2, 0.25) is 0 Å². The average Bonchev–Trinajstić information content (AvgIpc) is 2.19. The molecule has 0 aromatic rings. The van der Waals surface area contributed by atoms with Gasteiger partial charge in [-0.1, -0.05) is 39.5 Å². The van der Waals surface area contributed by atoms with Crippen LogP contribution in [-0.4, -0.2) is 18.3 Å². The van der Waals surface area contributed by atoms with Gasteiger partial charge in [-0.3, -0.25) is 0 Å². The normalized spacial score (nSPS) is 9.86. The van der Waals surface area contributed by atoms with Gasteiger partial charge >= 0.3 is 5.09 Å². The summed E-state index contributed by atoms with van der Waals surface area (Å²) in [6.45, 7) is 5.11. The molecule has 0 fully saturated rings. The molecule has 0 saturated heterocycles. The van der Waals surface area contributed by atoms with E-state index in [2.05, 4.69) is 13.8 Å². The molecule has 0 saturated carbocycles. The molecule has 4 heteroatoms. The largest absolute Gasteiger partial charge is 0.477 e. The molecule has 0 aromatic carbocycles. The van der Waals surface area contributed by atoms with Crippen LogP contribution in [0.15, 0.2) is 0 Å². The number of hydrogen-bond acceptors (Lipinski definition) is 3.